The highest BCUT2D eigenvalue weighted by molar-refractivity contribution is 5.87. The van der Waals surface area contributed by atoms with Crippen molar-refractivity contribution in [1.82, 2.24) is 0 Å². The zero-order valence-corrected chi connectivity index (χ0v) is 23.3. The highest BCUT2D eigenvalue weighted by Gasteiger charge is 2.35. The predicted molar refractivity (Wildman–Crippen MR) is 151 cm³/mol. The smallest absolute Gasteiger partial charge is 0.426 e. The van der Waals surface area contributed by atoms with E-state index < -0.39 is 41.8 Å². The van der Waals surface area contributed by atoms with Crippen LogP contribution in [0.5, 0.6) is 11.5 Å². The normalized spacial score (nSPS) is 12.7. The molecule has 0 saturated carbocycles. The molecule has 0 fully saturated rings. The third kappa shape index (κ3) is 10.8. The molecule has 0 heterocycles. The Labute approximate surface area is 245 Å². The van der Waals surface area contributed by atoms with Gasteiger partial charge in [-0.1, -0.05) is 25.1 Å². The van der Waals surface area contributed by atoms with E-state index in [2.05, 4.69) is 4.74 Å². The van der Waals surface area contributed by atoms with Gasteiger partial charge in [-0.2, -0.15) is 22.0 Å². The first-order valence-corrected chi connectivity index (χ1v) is 13.4. The van der Waals surface area contributed by atoms with Crippen molar-refractivity contribution in [3.8, 4) is 11.5 Å². The summed E-state index contributed by atoms with van der Waals surface area (Å²) >= 11 is 0. The third-order valence-electron chi connectivity index (χ3n) is 6.29. The Morgan fingerprint density at radius 3 is 2.30 bits per heavy atom. The molecular formula is C31H32F6N2O4. The van der Waals surface area contributed by atoms with E-state index in [0.29, 0.717) is 23.4 Å². The van der Waals surface area contributed by atoms with E-state index >= 15 is 0 Å². The highest BCUT2D eigenvalue weighted by atomic mass is 19.4. The maximum absolute atomic E-state index is 14.7. The van der Waals surface area contributed by atoms with E-state index in [1.54, 1.807) is 18.2 Å². The molecule has 0 radical (unpaired) electrons. The summed E-state index contributed by atoms with van der Waals surface area (Å²) in [7, 11) is 0. The topological polar surface area (TPSA) is 96.8 Å². The zero-order chi connectivity index (χ0) is 31.6. The van der Waals surface area contributed by atoms with Crippen LogP contribution in [0.4, 0.5) is 37.7 Å². The van der Waals surface area contributed by atoms with E-state index in [4.69, 9.17) is 20.9 Å². The lowest BCUT2D eigenvalue weighted by molar-refractivity contribution is -0.187. The Morgan fingerprint density at radius 2 is 1.65 bits per heavy atom. The number of benzene rings is 3. The van der Waals surface area contributed by atoms with Gasteiger partial charge in [0.25, 0.3) is 0 Å². The molecule has 1 unspecified atom stereocenters. The minimum Gasteiger partial charge on any atom is -0.493 e. The van der Waals surface area contributed by atoms with E-state index in [0.717, 1.165) is 35.9 Å². The molecule has 12 heteroatoms. The van der Waals surface area contributed by atoms with Gasteiger partial charge in [-0.05, 0) is 72.9 Å². The molecular weight excluding hydrogens is 578 g/mol. The van der Waals surface area contributed by atoms with E-state index in [1.807, 2.05) is 6.92 Å². The number of nitrogens with two attached hydrogens (primary N) is 2. The van der Waals surface area contributed by atoms with Crippen LogP contribution in [0.25, 0.3) is 6.08 Å². The van der Waals surface area contributed by atoms with Crippen LogP contribution < -0.4 is 20.9 Å². The molecule has 3 aromatic rings. The van der Waals surface area contributed by atoms with Gasteiger partial charge in [0.1, 0.15) is 5.75 Å². The van der Waals surface area contributed by atoms with E-state index in [-0.39, 0.29) is 37.7 Å². The largest absolute Gasteiger partial charge is 0.493 e. The van der Waals surface area contributed by atoms with Crippen molar-refractivity contribution in [2.45, 2.75) is 50.8 Å². The van der Waals surface area contributed by atoms with Crippen molar-refractivity contribution in [3.63, 3.8) is 0 Å². The number of unbranched alkanes of at least 4 members (excludes halogenated alkanes) is 2. The van der Waals surface area contributed by atoms with Gasteiger partial charge in [-0.3, -0.25) is 0 Å². The summed E-state index contributed by atoms with van der Waals surface area (Å²) in [6.07, 6.45) is -5.90. The van der Waals surface area contributed by atoms with Crippen LogP contribution in [-0.2, 0) is 15.6 Å². The van der Waals surface area contributed by atoms with E-state index in [1.165, 1.54) is 24.3 Å². The van der Waals surface area contributed by atoms with Gasteiger partial charge in [0.2, 0.25) is 0 Å². The zero-order valence-electron chi connectivity index (χ0n) is 23.3. The first-order chi connectivity index (χ1) is 20.2. The first kappa shape index (κ1) is 33.2. The van der Waals surface area contributed by atoms with Gasteiger partial charge in [0.05, 0.1) is 18.8 Å². The van der Waals surface area contributed by atoms with Crippen LogP contribution >= 0.6 is 0 Å². The number of esters is 1. The van der Waals surface area contributed by atoms with Gasteiger partial charge in [-0.25, -0.2) is 9.18 Å². The summed E-state index contributed by atoms with van der Waals surface area (Å²) in [6.45, 7) is 1.95. The predicted octanol–water partition coefficient (Wildman–Crippen LogP) is 7.98. The molecule has 3 rings (SSSR count). The molecule has 43 heavy (non-hydrogen) atoms. The van der Waals surface area contributed by atoms with Crippen LogP contribution in [0.15, 0.2) is 66.7 Å². The van der Waals surface area contributed by atoms with Gasteiger partial charge >= 0.3 is 18.3 Å². The number of nitrogen functional groups attached to an aromatic ring is 2. The SMILES string of the molecule is CC(COC(=O)/C=C/c1ccc(C(F)(F)Oc2ccc(OCCCCCC(F)(F)F)cc2F)cc1)c1ccc(N)cc1N. The molecule has 0 bridgehead atoms. The fourth-order valence-electron chi connectivity index (χ4n) is 3.99. The number of anilines is 2. The second-order valence-electron chi connectivity index (χ2n) is 9.86. The molecule has 0 aromatic heterocycles. The van der Waals surface area contributed by atoms with Crippen LogP contribution in [0.2, 0.25) is 0 Å². The quantitative estimate of drug-likeness (QED) is 0.0632. The summed E-state index contributed by atoms with van der Waals surface area (Å²) in [5, 5.41) is 0. The highest BCUT2D eigenvalue weighted by Crippen LogP contribution is 2.34. The van der Waals surface area contributed by atoms with Gasteiger partial charge in [-0.15, -0.1) is 0 Å². The molecule has 0 spiro atoms. The molecule has 232 valence electrons. The lowest BCUT2D eigenvalue weighted by Crippen LogP contribution is -2.22. The van der Waals surface area contributed by atoms with Crippen molar-refractivity contribution in [1.29, 1.82) is 0 Å². The second kappa shape index (κ2) is 14.7. The maximum Gasteiger partial charge on any atom is 0.426 e. The lowest BCUT2D eigenvalue weighted by atomic mass is 10.00. The minimum atomic E-state index is -4.22. The first-order valence-electron chi connectivity index (χ1n) is 13.4. The van der Waals surface area contributed by atoms with Crippen LogP contribution in [-0.4, -0.2) is 25.4 Å². The Kier molecular flexibility index (Phi) is 11.3. The molecule has 0 aliphatic carbocycles. The van der Waals surface area contributed by atoms with Crippen LogP contribution in [0.1, 0.15) is 55.2 Å². The average molecular weight is 611 g/mol. The average Bonchev–Trinajstić information content (AvgIpc) is 2.93. The second-order valence-corrected chi connectivity index (χ2v) is 9.86. The maximum atomic E-state index is 14.7. The van der Waals surface area contributed by atoms with Crippen LogP contribution in [0, 0.1) is 5.82 Å². The number of alkyl halides is 5. The Bertz CT molecular complexity index is 1390. The molecule has 4 N–H and O–H groups in total. The van der Waals surface area contributed by atoms with Crippen molar-refractivity contribution < 1.29 is 45.3 Å². The van der Waals surface area contributed by atoms with Crippen molar-refractivity contribution in [2.24, 2.45) is 0 Å². The fourth-order valence-corrected chi connectivity index (χ4v) is 3.99. The number of hydrogen-bond donors (Lipinski definition) is 2. The summed E-state index contributed by atoms with van der Waals surface area (Å²) in [5.41, 5.74) is 13.3. The Hall–Kier alpha value is -4.35. The summed E-state index contributed by atoms with van der Waals surface area (Å²) < 4.78 is 95.5. The van der Waals surface area contributed by atoms with Gasteiger partial charge in [0, 0.05) is 35.9 Å². The molecule has 1 atom stereocenters. The van der Waals surface area contributed by atoms with E-state index in [9.17, 15) is 31.1 Å². The number of carbonyl (C=O) groups is 1. The Balaban J connectivity index is 1.49. The molecule has 0 amide bonds. The number of hydrogen-bond acceptors (Lipinski definition) is 6. The van der Waals surface area contributed by atoms with Crippen LogP contribution in [0.3, 0.4) is 0 Å². The van der Waals surface area contributed by atoms with Gasteiger partial charge in [0.15, 0.2) is 11.6 Å². The standard InChI is InChI=1S/C31H32F6N2O4/c1-20(25-12-10-23(38)17-27(25)39)19-42-29(40)14-7-21-5-8-22(9-6-21)31(36,37)43-28-13-11-24(18-26(28)32)41-16-4-2-3-15-30(33,34)35/h5-14,17-18,20H,2-4,15-16,19,38-39H2,1H3/b14-7+. The minimum absolute atomic E-state index is 0.0301. The molecule has 3 aromatic carbocycles. The number of ether oxygens (including phenoxy) is 3. The van der Waals surface area contributed by atoms with Crippen molar-refractivity contribution >= 4 is 23.4 Å². The Morgan fingerprint density at radius 1 is 0.930 bits per heavy atom. The number of carbonyl (C=O) groups excluding carboxylic acids is 1. The van der Waals surface area contributed by atoms with Crippen molar-refractivity contribution in [3.05, 3.63) is 89.2 Å². The number of rotatable bonds is 14. The van der Waals surface area contributed by atoms with Crippen molar-refractivity contribution in [2.75, 3.05) is 24.7 Å². The third-order valence-corrected chi connectivity index (χ3v) is 6.29. The molecule has 6 nitrogen and oxygen atoms in total. The van der Waals surface area contributed by atoms with Gasteiger partial charge < -0.3 is 25.7 Å². The summed E-state index contributed by atoms with van der Waals surface area (Å²) in [5.74, 6) is -2.60. The monoisotopic (exact) mass is 610 g/mol. The molecule has 0 aliphatic rings. The molecule has 0 aliphatic heterocycles. The summed E-state index contributed by atoms with van der Waals surface area (Å²) in [4.78, 5) is 12.1. The lowest BCUT2D eigenvalue weighted by Gasteiger charge is -2.19. The molecule has 0 saturated heterocycles. The number of halogens is 6. The summed E-state index contributed by atoms with van der Waals surface area (Å²) in [6, 6.07) is 13.0. The fraction of sp³-hybridized carbons (Fsp3) is 0.323.